The smallest absolute Gasteiger partial charge is 0.308 e. The number of nitrogens with one attached hydrogen (secondary N) is 1. The van der Waals surface area contributed by atoms with Gasteiger partial charge in [-0.25, -0.2) is 4.98 Å². The fraction of sp³-hybridized carbons (Fsp3) is 0.533. The zero-order valence-corrected chi connectivity index (χ0v) is 12.0. The second-order valence-corrected chi connectivity index (χ2v) is 5.81. The Morgan fingerprint density at radius 2 is 2.14 bits per heavy atom. The first-order chi connectivity index (χ1) is 10.1. The molecule has 112 valence electrons. The van der Waals surface area contributed by atoms with Gasteiger partial charge in [0.2, 0.25) is 0 Å². The van der Waals surface area contributed by atoms with Crippen molar-refractivity contribution in [1.29, 1.82) is 0 Å². The van der Waals surface area contributed by atoms with Crippen LogP contribution in [0.5, 0.6) is 0 Å². The standard InChI is InChI=1S/C15H19N3O3/c1-16-13-10(3-2-6-17-13)14(19)18-7-11(9-4-5-9)12(8-18)15(20)21/h2-3,6,9,11-12H,4-5,7-8H2,1H3,(H,16,17)(H,20,21)/t11-,12+/m1/s1. The van der Waals surface area contributed by atoms with E-state index in [4.69, 9.17) is 0 Å². The number of amides is 1. The second-order valence-electron chi connectivity index (χ2n) is 5.81. The summed E-state index contributed by atoms with van der Waals surface area (Å²) in [6.45, 7) is 0.839. The van der Waals surface area contributed by atoms with E-state index in [2.05, 4.69) is 10.3 Å². The number of pyridine rings is 1. The third-order valence-corrected chi connectivity index (χ3v) is 4.47. The van der Waals surface area contributed by atoms with Crippen LogP contribution in [0.15, 0.2) is 18.3 Å². The Morgan fingerprint density at radius 3 is 2.76 bits per heavy atom. The highest BCUT2D eigenvalue weighted by molar-refractivity contribution is 5.99. The van der Waals surface area contributed by atoms with Gasteiger partial charge in [-0.2, -0.15) is 0 Å². The van der Waals surface area contributed by atoms with Crippen molar-refractivity contribution in [2.75, 3.05) is 25.5 Å². The minimum absolute atomic E-state index is 0.0983. The van der Waals surface area contributed by atoms with E-state index in [0.717, 1.165) is 12.8 Å². The Morgan fingerprint density at radius 1 is 1.38 bits per heavy atom. The van der Waals surface area contributed by atoms with Gasteiger partial charge in [-0.1, -0.05) is 0 Å². The van der Waals surface area contributed by atoms with Gasteiger partial charge < -0.3 is 15.3 Å². The summed E-state index contributed by atoms with van der Waals surface area (Å²) in [7, 11) is 1.72. The summed E-state index contributed by atoms with van der Waals surface area (Å²) in [5.74, 6) is -0.257. The molecule has 0 unspecified atom stereocenters. The summed E-state index contributed by atoms with van der Waals surface area (Å²) in [6.07, 6.45) is 3.80. The van der Waals surface area contributed by atoms with Crippen LogP contribution in [0.3, 0.4) is 0 Å². The number of carboxylic acid groups (broad SMARTS) is 1. The number of aliphatic carboxylic acids is 1. The number of carbonyl (C=O) groups is 2. The third-order valence-electron chi connectivity index (χ3n) is 4.47. The molecule has 2 heterocycles. The second kappa shape index (κ2) is 5.35. The van der Waals surface area contributed by atoms with Gasteiger partial charge in [-0.3, -0.25) is 9.59 Å². The van der Waals surface area contributed by atoms with E-state index in [9.17, 15) is 14.7 Å². The number of anilines is 1. The van der Waals surface area contributed by atoms with Crippen LogP contribution in [0.1, 0.15) is 23.2 Å². The van der Waals surface area contributed by atoms with Crippen LogP contribution in [0, 0.1) is 17.8 Å². The van der Waals surface area contributed by atoms with E-state index >= 15 is 0 Å². The quantitative estimate of drug-likeness (QED) is 0.873. The summed E-state index contributed by atoms with van der Waals surface area (Å²) in [6, 6.07) is 3.44. The normalized spacial score (nSPS) is 24.9. The number of nitrogens with zero attached hydrogens (tertiary/aromatic N) is 2. The van der Waals surface area contributed by atoms with E-state index < -0.39 is 11.9 Å². The van der Waals surface area contributed by atoms with Gasteiger partial charge in [-0.15, -0.1) is 0 Å². The van der Waals surface area contributed by atoms with Crippen molar-refractivity contribution in [1.82, 2.24) is 9.88 Å². The van der Waals surface area contributed by atoms with Crippen molar-refractivity contribution in [3.8, 4) is 0 Å². The fourth-order valence-corrected chi connectivity index (χ4v) is 3.21. The predicted molar refractivity (Wildman–Crippen MR) is 77.0 cm³/mol. The minimum Gasteiger partial charge on any atom is -0.481 e. The number of hydrogen-bond donors (Lipinski definition) is 2. The molecule has 21 heavy (non-hydrogen) atoms. The molecule has 3 rings (SSSR count). The molecule has 0 aromatic carbocycles. The minimum atomic E-state index is -0.790. The molecule has 2 N–H and O–H groups in total. The molecule has 1 aliphatic carbocycles. The zero-order valence-electron chi connectivity index (χ0n) is 12.0. The van der Waals surface area contributed by atoms with Crippen molar-refractivity contribution in [3.05, 3.63) is 23.9 Å². The molecule has 6 nitrogen and oxygen atoms in total. The number of likely N-dealkylation sites (tertiary alicyclic amines) is 1. The molecular formula is C15H19N3O3. The summed E-state index contributed by atoms with van der Waals surface area (Å²) in [5.41, 5.74) is 0.501. The monoisotopic (exact) mass is 289 g/mol. The molecular weight excluding hydrogens is 270 g/mol. The van der Waals surface area contributed by atoms with E-state index in [1.807, 2.05) is 0 Å². The highest BCUT2D eigenvalue weighted by Gasteiger charge is 2.47. The first-order valence-corrected chi connectivity index (χ1v) is 7.26. The highest BCUT2D eigenvalue weighted by atomic mass is 16.4. The summed E-state index contributed by atoms with van der Waals surface area (Å²) in [4.78, 5) is 29.8. The Balaban J connectivity index is 1.81. The Hall–Kier alpha value is -2.11. The number of hydrogen-bond acceptors (Lipinski definition) is 4. The van der Waals surface area contributed by atoms with Crippen molar-refractivity contribution in [3.63, 3.8) is 0 Å². The van der Waals surface area contributed by atoms with Gasteiger partial charge in [-0.05, 0) is 36.8 Å². The van der Waals surface area contributed by atoms with Gasteiger partial charge in [0.1, 0.15) is 5.82 Å². The summed E-state index contributed by atoms with van der Waals surface area (Å²) >= 11 is 0. The van der Waals surface area contributed by atoms with Crippen LogP contribution >= 0.6 is 0 Å². The molecule has 2 fully saturated rings. The third kappa shape index (κ3) is 2.57. The zero-order chi connectivity index (χ0) is 15.0. The maximum absolute atomic E-state index is 12.6. The van der Waals surface area contributed by atoms with Gasteiger partial charge in [0.25, 0.3) is 5.91 Å². The van der Waals surface area contributed by atoms with E-state index in [1.165, 1.54) is 0 Å². The number of rotatable bonds is 4. The van der Waals surface area contributed by atoms with Gasteiger partial charge >= 0.3 is 5.97 Å². The lowest BCUT2D eigenvalue weighted by Crippen LogP contribution is -2.30. The summed E-state index contributed by atoms with van der Waals surface area (Å²) < 4.78 is 0. The number of carboxylic acids is 1. The maximum atomic E-state index is 12.6. The molecule has 0 bridgehead atoms. The largest absolute Gasteiger partial charge is 0.481 e. The molecule has 1 saturated heterocycles. The Labute approximate surface area is 123 Å². The molecule has 6 heteroatoms. The highest BCUT2D eigenvalue weighted by Crippen LogP contribution is 2.44. The van der Waals surface area contributed by atoms with Gasteiger partial charge in [0.05, 0.1) is 11.5 Å². The molecule has 1 amide bonds. The van der Waals surface area contributed by atoms with Crippen molar-refractivity contribution >= 4 is 17.7 Å². The van der Waals surface area contributed by atoms with Crippen LogP contribution in [0.4, 0.5) is 5.82 Å². The molecule has 1 aromatic heterocycles. The van der Waals surface area contributed by atoms with Crippen molar-refractivity contribution in [2.24, 2.45) is 17.8 Å². The first kappa shape index (κ1) is 13.9. The molecule has 1 aromatic rings. The molecule has 0 spiro atoms. The SMILES string of the molecule is CNc1ncccc1C(=O)N1C[C@H](C(=O)O)[C@@H](C2CC2)C1. The molecule has 1 aliphatic heterocycles. The number of aromatic nitrogens is 1. The van der Waals surface area contributed by atoms with E-state index in [1.54, 1.807) is 30.3 Å². The average Bonchev–Trinajstić information content (AvgIpc) is 3.24. The average molecular weight is 289 g/mol. The van der Waals surface area contributed by atoms with Crippen LogP contribution in [-0.4, -0.2) is 47.0 Å². The Bertz CT molecular complexity index is 571. The van der Waals surface area contributed by atoms with E-state index in [-0.39, 0.29) is 11.8 Å². The molecule has 0 radical (unpaired) electrons. The summed E-state index contributed by atoms with van der Waals surface area (Å²) in [5, 5.41) is 12.3. The van der Waals surface area contributed by atoms with Crippen molar-refractivity contribution in [2.45, 2.75) is 12.8 Å². The lowest BCUT2D eigenvalue weighted by Gasteiger charge is -2.17. The fourth-order valence-electron chi connectivity index (χ4n) is 3.21. The van der Waals surface area contributed by atoms with Crippen LogP contribution in [0.25, 0.3) is 0 Å². The van der Waals surface area contributed by atoms with Crippen LogP contribution in [-0.2, 0) is 4.79 Å². The topological polar surface area (TPSA) is 82.5 Å². The number of carbonyl (C=O) groups excluding carboxylic acids is 1. The van der Waals surface area contributed by atoms with Crippen LogP contribution in [0.2, 0.25) is 0 Å². The van der Waals surface area contributed by atoms with Crippen LogP contribution < -0.4 is 5.32 Å². The van der Waals surface area contributed by atoms with Crippen molar-refractivity contribution < 1.29 is 14.7 Å². The lowest BCUT2D eigenvalue weighted by molar-refractivity contribution is -0.142. The van der Waals surface area contributed by atoms with Gasteiger partial charge in [0, 0.05) is 26.3 Å². The maximum Gasteiger partial charge on any atom is 0.308 e. The lowest BCUT2D eigenvalue weighted by atomic mass is 9.92. The van der Waals surface area contributed by atoms with E-state index in [0.29, 0.717) is 30.4 Å². The molecule has 2 aliphatic rings. The predicted octanol–water partition coefficient (Wildman–Crippen LogP) is 1.31. The first-order valence-electron chi connectivity index (χ1n) is 7.26. The Kier molecular flexibility index (Phi) is 3.53. The molecule has 1 saturated carbocycles. The van der Waals surface area contributed by atoms with Gasteiger partial charge in [0.15, 0.2) is 0 Å². The molecule has 2 atom stereocenters.